The lowest BCUT2D eigenvalue weighted by Gasteiger charge is -2.05. The highest BCUT2D eigenvalue weighted by molar-refractivity contribution is 6.19. The maximum atomic E-state index is 10.9. The molecule has 0 aromatic heterocycles. The molecule has 0 aliphatic carbocycles. The van der Waals surface area contributed by atoms with Crippen molar-refractivity contribution in [2.75, 3.05) is 5.88 Å². The second kappa shape index (κ2) is 5.53. The van der Waals surface area contributed by atoms with Crippen molar-refractivity contribution in [3.8, 4) is 0 Å². The molecule has 0 spiro atoms. The van der Waals surface area contributed by atoms with Crippen molar-refractivity contribution < 1.29 is 19.5 Å². The third-order valence-electron chi connectivity index (χ3n) is 1.35. The molecular weight excluding hydrogens is 198 g/mol. The van der Waals surface area contributed by atoms with E-state index in [0.717, 1.165) is 0 Å². The molecule has 13 heavy (non-hydrogen) atoms. The summed E-state index contributed by atoms with van der Waals surface area (Å²) in [6.45, 7) is 1.20. The fourth-order valence-corrected chi connectivity index (χ4v) is 0.678. The van der Waals surface area contributed by atoms with Crippen molar-refractivity contribution in [2.24, 2.45) is 5.92 Å². The van der Waals surface area contributed by atoms with Gasteiger partial charge in [0.2, 0.25) is 11.8 Å². The molecule has 0 rings (SSSR count). The first-order valence-electron chi connectivity index (χ1n) is 3.61. The SMILES string of the molecule is CC(C(=O)O)C(=O)NC(=O)CCCl. The molecule has 6 heteroatoms. The summed E-state index contributed by atoms with van der Waals surface area (Å²) >= 11 is 5.23. The minimum absolute atomic E-state index is 0.000362. The molecule has 2 amide bonds. The number of carbonyl (C=O) groups excluding carboxylic acids is 2. The minimum Gasteiger partial charge on any atom is -0.481 e. The Hall–Kier alpha value is -1.10. The van der Waals surface area contributed by atoms with E-state index in [4.69, 9.17) is 16.7 Å². The Morgan fingerprint density at radius 3 is 2.38 bits per heavy atom. The van der Waals surface area contributed by atoms with Gasteiger partial charge in [-0.3, -0.25) is 19.7 Å². The van der Waals surface area contributed by atoms with Gasteiger partial charge in [-0.2, -0.15) is 0 Å². The van der Waals surface area contributed by atoms with Crippen molar-refractivity contribution in [3.05, 3.63) is 0 Å². The molecule has 5 nitrogen and oxygen atoms in total. The molecule has 0 saturated heterocycles. The average Bonchev–Trinajstić information content (AvgIpc) is 2.03. The van der Waals surface area contributed by atoms with Crippen LogP contribution in [0.4, 0.5) is 0 Å². The predicted molar refractivity (Wildman–Crippen MR) is 45.3 cm³/mol. The first-order valence-corrected chi connectivity index (χ1v) is 4.15. The average molecular weight is 208 g/mol. The molecule has 0 fully saturated rings. The molecule has 0 saturated carbocycles. The Morgan fingerprint density at radius 2 is 2.00 bits per heavy atom. The smallest absolute Gasteiger partial charge is 0.315 e. The summed E-state index contributed by atoms with van der Waals surface area (Å²) in [7, 11) is 0. The number of aliphatic carboxylic acids is 1. The highest BCUT2D eigenvalue weighted by Crippen LogP contribution is 1.94. The van der Waals surface area contributed by atoms with E-state index in [1.165, 1.54) is 6.92 Å². The van der Waals surface area contributed by atoms with Crippen LogP contribution in [-0.2, 0) is 14.4 Å². The molecule has 1 atom stereocenters. The zero-order chi connectivity index (χ0) is 10.4. The number of imide groups is 1. The molecule has 0 aromatic rings. The number of alkyl halides is 1. The number of rotatable bonds is 4. The van der Waals surface area contributed by atoms with E-state index in [1.54, 1.807) is 0 Å². The van der Waals surface area contributed by atoms with Gasteiger partial charge >= 0.3 is 5.97 Å². The Balaban J connectivity index is 4.00. The van der Waals surface area contributed by atoms with Crippen LogP contribution >= 0.6 is 11.6 Å². The molecule has 0 aliphatic rings. The van der Waals surface area contributed by atoms with E-state index in [9.17, 15) is 14.4 Å². The van der Waals surface area contributed by atoms with E-state index < -0.39 is 23.7 Å². The minimum atomic E-state index is -1.27. The van der Waals surface area contributed by atoms with Crippen molar-refractivity contribution in [3.63, 3.8) is 0 Å². The van der Waals surface area contributed by atoms with Crippen LogP contribution in [0.3, 0.4) is 0 Å². The summed E-state index contributed by atoms with van der Waals surface area (Å²) in [5.74, 6) is -3.77. The number of carboxylic acids is 1. The Morgan fingerprint density at radius 1 is 1.46 bits per heavy atom. The van der Waals surface area contributed by atoms with Crippen LogP contribution in [0.1, 0.15) is 13.3 Å². The first-order chi connectivity index (χ1) is 5.99. The summed E-state index contributed by atoms with van der Waals surface area (Å²) in [5, 5.41) is 10.3. The van der Waals surface area contributed by atoms with Crippen molar-refractivity contribution in [2.45, 2.75) is 13.3 Å². The van der Waals surface area contributed by atoms with E-state index in [2.05, 4.69) is 0 Å². The van der Waals surface area contributed by atoms with E-state index in [-0.39, 0.29) is 12.3 Å². The number of halogens is 1. The molecule has 0 heterocycles. The molecule has 0 radical (unpaired) electrons. The van der Waals surface area contributed by atoms with Gasteiger partial charge in [0.25, 0.3) is 0 Å². The number of hydrogen-bond acceptors (Lipinski definition) is 3. The predicted octanol–water partition coefficient (Wildman–Crippen LogP) is -0.0212. The van der Waals surface area contributed by atoms with Gasteiger partial charge in [-0.15, -0.1) is 11.6 Å². The first kappa shape index (κ1) is 11.9. The van der Waals surface area contributed by atoms with Gasteiger partial charge in [0, 0.05) is 12.3 Å². The number of nitrogens with one attached hydrogen (secondary N) is 1. The van der Waals surface area contributed by atoms with Gasteiger partial charge in [-0.05, 0) is 6.92 Å². The number of carboxylic acid groups (broad SMARTS) is 1. The van der Waals surface area contributed by atoms with E-state index in [1.807, 2.05) is 5.32 Å². The van der Waals surface area contributed by atoms with Crippen molar-refractivity contribution in [1.29, 1.82) is 0 Å². The molecule has 0 aromatic carbocycles. The highest BCUT2D eigenvalue weighted by atomic mass is 35.5. The van der Waals surface area contributed by atoms with Gasteiger partial charge in [0.05, 0.1) is 0 Å². The van der Waals surface area contributed by atoms with Gasteiger partial charge in [-0.25, -0.2) is 0 Å². The van der Waals surface area contributed by atoms with Gasteiger partial charge < -0.3 is 5.11 Å². The third kappa shape index (κ3) is 4.47. The van der Waals surface area contributed by atoms with Crippen molar-refractivity contribution >= 4 is 29.4 Å². The topological polar surface area (TPSA) is 83.5 Å². The molecular formula is C7H10ClNO4. The summed E-state index contributed by atoms with van der Waals surface area (Å²) in [6.07, 6.45) is -0.000362. The zero-order valence-corrected chi connectivity index (χ0v) is 7.80. The second-order valence-corrected chi connectivity index (χ2v) is 2.79. The molecule has 1 unspecified atom stereocenters. The van der Waals surface area contributed by atoms with Gasteiger partial charge in [0.15, 0.2) is 0 Å². The van der Waals surface area contributed by atoms with Crippen molar-refractivity contribution in [1.82, 2.24) is 5.32 Å². The Kier molecular flexibility index (Phi) is 5.06. The number of amides is 2. The normalized spacial score (nSPS) is 11.8. The van der Waals surface area contributed by atoms with Crippen LogP contribution in [0.5, 0.6) is 0 Å². The van der Waals surface area contributed by atoms with Gasteiger partial charge in [0.1, 0.15) is 5.92 Å². The van der Waals surface area contributed by atoms with Crippen LogP contribution in [0.15, 0.2) is 0 Å². The monoisotopic (exact) mass is 207 g/mol. The molecule has 0 aliphatic heterocycles. The standard InChI is InChI=1S/C7H10ClNO4/c1-4(7(12)13)6(11)9-5(10)2-3-8/h4H,2-3H2,1H3,(H,12,13)(H,9,10,11). The summed E-state index contributed by atoms with van der Waals surface area (Å²) < 4.78 is 0. The lowest BCUT2D eigenvalue weighted by Crippen LogP contribution is -2.37. The van der Waals surface area contributed by atoms with Crippen LogP contribution in [0.2, 0.25) is 0 Å². The lowest BCUT2D eigenvalue weighted by atomic mass is 10.2. The Labute approximate surface area is 80.1 Å². The summed E-state index contributed by atoms with van der Waals surface area (Å²) in [5.41, 5.74) is 0. The van der Waals surface area contributed by atoms with Crippen LogP contribution < -0.4 is 5.32 Å². The number of hydrogen-bond donors (Lipinski definition) is 2. The van der Waals surface area contributed by atoms with Crippen LogP contribution in [-0.4, -0.2) is 28.8 Å². The van der Waals surface area contributed by atoms with Crippen LogP contribution in [0, 0.1) is 5.92 Å². The molecule has 0 bridgehead atoms. The van der Waals surface area contributed by atoms with E-state index >= 15 is 0 Å². The zero-order valence-electron chi connectivity index (χ0n) is 7.04. The summed E-state index contributed by atoms with van der Waals surface area (Å²) in [6, 6.07) is 0. The lowest BCUT2D eigenvalue weighted by molar-refractivity contribution is -0.146. The maximum Gasteiger partial charge on any atom is 0.315 e. The largest absolute Gasteiger partial charge is 0.481 e. The molecule has 74 valence electrons. The summed E-state index contributed by atoms with van der Waals surface area (Å²) in [4.78, 5) is 32.0. The highest BCUT2D eigenvalue weighted by Gasteiger charge is 2.21. The third-order valence-corrected chi connectivity index (χ3v) is 1.54. The fourth-order valence-electron chi connectivity index (χ4n) is 0.506. The second-order valence-electron chi connectivity index (χ2n) is 2.41. The quantitative estimate of drug-likeness (QED) is 0.501. The van der Waals surface area contributed by atoms with Gasteiger partial charge in [-0.1, -0.05) is 0 Å². The number of carbonyl (C=O) groups is 3. The van der Waals surface area contributed by atoms with Crippen LogP contribution in [0.25, 0.3) is 0 Å². The fraction of sp³-hybridized carbons (Fsp3) is 0.571. The Bertz CT molecular complexity index is 229. The van der Waals surface area contributed by atoms with E-state index in [0.29, 0.717) is 0 Å². The maximum absolute atomic E-state index is 10.9. The molecule has 2 N–H and O–H groups in total.